The molecular weight excluding hydrogens is 451 g/mol. The van der Waals surface area contributed by atoms with Gasteiger partial charge in [0.15, 0.2) is 0 Å². The fourth-order valence-electron chi connectivity index (χ4n) is 3.31. The number of hydrogen-bond acceptors (Lipinski definition) is 7. The fraction of sp³-hybridized carbons (Fsp3) is 0.0909. The standard InChI is InChI=1S/C22H19FN4O5S/c1-26(13-16-19(28)7-4-9-24-16)33(31,32)22-11-14(20(29)12-21(22)30)17-8-10-25-27(17)18-6-3-2-5-15(18)23/h2-12,28-30H,13H2,1H3. The molecule has 4 rings (SSSR count). The van der Waals surface area contributed by atoms with E-state index < -0.39 is 32.2 Å². The van der Waals surface area contributed by atoms with Crippen molar-refractivity contribution < 1.29 is 28.1 Å². The Hall–Kier alpha value is -3.96. The molecule has 9 nitrogen and oxygen atoms in total. The van der Waals surface area contributed by atoms with E-state index >= 15 is 0 Å². The van der Waals surface area contributed by atoms with Gasteiger partial charge in [-0.1, -0.05) is 12.1 Å². The summed E-state index contributed by atoms with van der Waals surface area (Å²) in [6, 6.07) is 12.2. The van der Waals surface area contributed by atoms with Gasteiger partial charge in [0.25, 0.3) is 0 Å². The molecule has 4 aromatic rings. The van der Waals surface area contributed by atoms with Crippen LogP contribution in [0.1, 0.15) is 5.69 Å². The van der Waals surface area contributed by atoms with Crippen molar-refractivity contribution in [2.24, 2.45) is 0 Å². The van der Waals surface area contributed by atoms with E-state index in [9.17, 15) is 28.1 Å². The van der Waals surface area contributed by atoms with Gasteiger partial charge >= 0.3 is 0 Å². The molecule has 0 atom stereocenters. The number of aromatic nitrogens is 3. The summed E-state index contributed by atoms with van der Waals surface area (Å²) in [7, 11) is -3.02. The third-order valence-electron chi connectivity index (χ3n) is 5.00. The normalized spacial score (nSPS) is 11.7. The Balaban J connectivity index is 1.79. The third kappa shape index (κ3) is 4.11. The van der Waals surface area contributed by atoms with Gasteiger partial charge in [-0.05, 0) is 36.4 Å². The summed E-state index contributed by atoms with van der Waals surface area (Å²) in [4.78, 5) is 3.48. The molecule has 170 valence electrons. The summed E-state index contributed by atoms with van der Waals surface area (Å²) < 4.78 is 42.9. The van der Waals surface area contributed by atoms with E-state index in [1.807, 2.05) is 0 Å². The first-order valence-electron chi connectivity index (χ1n) is 9.64. The molecule has 33 heavy (non-hydrogen) atoms. The minimum atomic E-state index is -4.28. The second-order valence-electron chi connectivity index (χ2n) is 7.15. The number of aromatic hydroxyl groups is 3. The lowest BCUT2D eigenvalue weighted by Gasteiger charge is -2.19. The predicted octanol–water partition coefficient (Wildman–Crippen LogP) is 3.01. The summed E-state index contributed by atoms with van der Waals surface area (Å²) in [6.45, 7) is -0.266. The highest BCUT2D eigenvalue weighted by Gasteiger charge is 2.28. The van der Waals surface area contributed by atoms with Gasteiger partial charge in [-0.3, -0.25) is 4.98 Å². The molecule has 2 aromatic carbocycles. The molecule has 2 heterocycles. The molecule has 0 saturated carbocycles. The van der Waals surface area contributed by atoms with Crippen molar-refractivity contribution in [3.8, 4) is 34.2 Å². The molecule has 11 heteroatoms. The molecular formula is C22H19FN4O5S. The highest BCUT2D eigenvalue weighted by molar-refractivity contribution is 7.89. The number of sulfonamides is 1. The number of pyridine rings is 1. The van der Waals surface area contributed by atoms with Gasteiger partial charge in [0.05, 0.1) is 24.1 Å². The predicted molar refractivity (Wildman–Crippen MR) is 117 cm³/mol. The van der Waals surface area contributed by atoms with E-state index in [-0.39, 0.29) is 34.9 Å². The van der Waals surface area contributed by atoms with E-state index in [0.717, 1.165) is 16.4 Å². The largest absolute Gasteiger partial charge is 0.507 e. The Morgan fingerprint density at radius 2 is 1.73 bits per heavy atom. The summed E-state index contributed by atoms with van der Waals surface area (Å²) >= 11 is 0. The van der Waals surface area contributed by atoms with E-state index in [0.29, 0.717) is 0 Å². The average Bonchev–Trinajstić information content (AvgIpc) is 3.24. The Bertz CT molecular complexity index is 1440. The van der Waals surface area contributed by atoms with Crippen molar-refractivity contribution in [3.63, 3.8) is 0 Å². The maximum Gasteiger partial charge on any atom is 0.246 e. The van der Waals surface area contributed by atoms with Crippen molar-refractivity contribution >= 4 is 10.0 Å². The van der Waals surface area contributed by atoms with Crippen molar-refractivity contribution in [1.29, 1.82) is 0 Å². The highest BCUT2D eigenvalue weighted by Crippen LogP contribution is 2.39. The minimum absolute atomic E-state index is 0.0150. The molecule has 0 spiro atoms. The number of hydrogen-bond donors (Lipinski definition) is 3. The molecule has 0 unspecified atom stereocenters. The molecule has 3 N–H and O–H groups in total. The minimum Gasteiger partial charge on any atom is -0.507 e. The first-order valence-corrected chi connectivity index (χ1v) is 11.1. The fourth-order valence-corrected chi connectivity index (χ4v) is 4.53. The van der Waals surface area contributed by atoms with Crippen molar-refractivity contribution in [2.75, 3.05) is 7.05 Å². The van der Waals surface area contributed by atoms with Crippen LogP contribution in [0.15, 0.2) is 71.9 Å². The van der Waals surface area contributed by atoms with E-state index in [1.54, 1.807) is 6.07 Å². The van der Waals surface area contributed by atoms with Crippen LogP contribution in [-0.2, 0) is 16.6 Å². The number of phenolic OH excluding ortho intramolecular Hbond substituents is 2. The van der Waals surface area contributed by atoms with Gasteiger partial charge in [-0.25, -0.2) is 17.5 Å². The Morgan fingerprint density at radius 1 is 0.970 bits per heavy atom. The lowest BCUT2D eigenvalue weighted by Crippen LogP contribution is -2.27. The first kappa shape index (κ1) is 22.2. The second kappa shape index (κ2) is 8.52. The van der Waals surface area contributed by atoms with Crippen LogP contribution in [0.2, 0.25) is 0 Å². The van der Waals surface area contributed by atoms with E-state index in [1.165, 1.54) is 60.5 Å². The number of benzene rings is 2. The molecule has 0 aliphatic rings. The second-order valence-corrected chi connectivity index (χ2v) is 9.16. The van der Waals surface area contributed by atoms with Crippen molar-refractivity contribution in [1.82, 2.24) is 19.1 Å². The van der Waals surface area contributed by atoms with Crippen LogP contribution >= 0.6 is 0 Å². The van der Waals surface area contributed by atoms with Crippen molar-refractivity contribution in [2.45, 2.75) is 11.4 Å². The zero-order valence-electron chi connectivity index (χ0n) is 17.3. The molecule has 0 aliphatic heterocycles. The van der Waals surface area contributed by atoms with Crippen LogP contribution < -0.4 is 0 Å². The maximum atomic E-state index is 14.3. The molecule has 0 aliphatic carbocycles. The lowest BCUT2D eigenvalue weighted by atomic mass is 10.1. The highest BCUT2D eigenvalue weighted by atomic mass is 32.2. The smallest absolute Gasteiger partial charge is 0.246 e. The summed E-state index contributed by atoms with van der Waals surface area (Å²) in [5, 5.41) is 34.8. The monoisotopic (exact) mass is 470 g/mol. The van der Waals surface area contributed by atoms with Crippen LogP contribution in [-0.4, -0.2) is 49.9 Å². The van der Waals surface area contributed by atoms with E-state index in [2.05, 4.69) is 10.1 Å². The Labute approximate surface area is 188 Å². The van der Waals surface area contributed by atoms with Gasteiger partial charge in [0.2, 0.25) is 10.0 Å². The first-order chi connectivity index (χ1) is 15.7. The quantitative estimate of drug-likeness (QED) is 0.395. The van der Waals surface area contributed by atoms with Crippen molar-refractivity contribution in [3.05, 3.63) is 78.5 Å². The van der Waals surface area contributed by atoms with Gasteiger partial charge in [0.1, 0.15) is 33.6 Å². The third-order valence-corrected chi connectivity index (χ3v) is 6.84. The Kier molecular flexibility index (Phi) is 5.75. The topological polar surface area (TPSA) is 129 Å². The van der Waals surface area contributed by atoms with Gasteiger partial charge in [0, 0.05) is 24.9 Å². The number of para-hydroxylation sites is 1. The number of phenols is 2. The molecule has 0 fully saturated rings. The number of rotatable bonds is 6. The molecule has 0 amide bonds. The molecule has 2 aromatic heterocycles. The van der Waals surface area contributed by atoms with Gasteiger partial charge in [-0.2, -0.15) is 9.40 Å². The molecule has 0 saturated heterocycles. The average molecular weight is 470 g/mol. The SMILES string of the molecule is CN(Cc1ncccc1O)S(=O)(=O)c1cc(-c2ccnn2-c2ccccc2F)c(O)cc1O. The molecule has 0 radical (unpaired) electrons. The van der Waals surface area contributed by atoms with Crippen LogP contribution in [0, 0.1) is 5.82 Å². The zero-order chi connectivity index (χ0) is 23.8. The van der Waals surface area contributed by atoms with Crippen LogP contribution in [0.4, 0.5) is 4.39 Å². The lowest BCUT2D eigenvalue weighted by molar-refractivity contribution is 0.419. The van der Waals surface area contributed by atoms with Crippen LogP contribution in [0.3, 0.4) is 0 Å². The Morgan fingerprint density at radius 3 is 2.45 bits per heavy atom. The summed E-state index contributed by atoms with van der Waals surface area (Å²) in [6.07, 6.45) is 2.79. The molecule has 0 bridgehead atoms. The summed E-state index contributed by atoms with van der Waals surface area (Å²) in [5.41, 5.74) is 0.442. The zero-order valence-corrected chi connectivity index (χ0v) is 18.1. The number of nitrogens with zero attached hydrogens (tertiary/aromatic N) is 4. The van der Waals surface area contributed by atoms with E-state index in [4.69, 9.17) is 0 Å². The van der Waals surface area contributed by atoms with Gasteiger partial charge in [-0.15, -0.1) is 0 Å². The maximum absolute atomic E-state index is 14.3. The summed E-state index contributed by atoms with van der Waals surface area (Å²) in [5.74, 6) is -1.84. The number of halogens is 1. The van der Waals surface area contributed by atoms with Gasteiger partial charge < -0.3 is 15.3 Å². The van der Waals surface area contributed by atoms with Crippen LogP contribution in [0.5, 0.6) is 17.2 Å². The van der Waals surface area contributed by atoms with Crippen LogP contribution in [0.25, 0.3) is 16.9 Å².